The van der Waals surface area contributed by atoms with Crippen LogP contribution >= 0.6 is 0 Å². The van der Waals surface area contributed by atoms with E-state index in [9.17, 15) is 34.2 Å². The number of rotatable bonds is 14. The van der Waals surface area contributed by atoms with E-state index in [2.05, 4.69) is 21.3 Å². The monoisotopic (exact) mass is 567 g/mol. The first-order valence-electron chi connectivity index (χ1n) is 13.1. The zero-order valence-electron chi connectivity index (χ0n) is 23.2. The fraction of sp³-hybridized carbons (Fsp3) is 0.345. The first-order valence-corrected chi connectivity index (χ1v) is 13.1. The lowest BCUT2D eigenvalue weighted by Crippen LogP contribution is -2.52. The highest BCUT2D eigenvalue weighted by Crippen LogP contribution is 2.11. The number of phenolic OH excluding ortho intramolecular Hbond substituents is 1. The highest BCUT2D eigenvalue weighted by molar-refractivity contribution is 6.03. The van der Waals surface area contributed by atoms with Crippen LogP contribution in [0.25, 0.3) is 6.08 Å². The van der Waals surface area contributed by atoms with Gasteiger partial charge in [-0.2, -0.15) is 0 Å². The van der Waals surface area contributed by atoms with Crippen molar-refractivity contribution in [1.29, 1.82) is 0 Å². The lowest BCUT2D eigenvalue weighted by atomic mass is 10.0. The predicted molar refractivity (Wildman–Crippen MR) is 152 cm³/mol. The van der Waals surface area contributed by atoms with E-state index in [0.717, 1.165) is 5.56 Å². The predicted octanol–water partition coefficient (Wildman–Crippen LogP) is 0.656. The minimum atomic E-state index is -1.21. The third-order valence-electron chi connectivity index (χ3n) is 5.84. The molecular weight excluding hydrogens is 530 g/mol. The van der Waals surface area contributed by atoms with E-state index >= 15 is 0 Å². The normalized spacial score (nSPS) is 13.4. The standard InChI is InChI=1S/C29H37N5O7/c1-17(2)13-24(29(40)41)34-28(39)23(15-19-7-5-4-6-8-19)33-25(36)16-31-26(37)18(3)32-27(38)22(30)14-20-9-11-21(35)12-10-20/h4-12,15,17-18,22,24,35H,13-14,16,30H2,1-3H3,(H,31,37)(H,32,38)(H,33,36)(H,34,39)(H,40,41). The molecule has 0 bridgehead atoms. The summed E-state index contributed by atoms with van der Waals surface area (Å²) >= 11 is 0. The highest BCUT2D eigenvalue weighted by Gasteiger charge is 2.25. The van der Waals surface area contributed by atoms with Crippen LogP contribution in [0.2, 0.25) is 0 Å². The Hall–Kier alpha value is -4.71. The quantitative estimate of drug-likeness (QED) is 0.161. The Morgan fingerprint density at radius 3 is 2.12 bits per heavy atom. The van der Waals surface area contributed by atoms with Crippen molar-refractivity contribution >= 4 is 35.7 Å². The molecule has 2 aromatic carbocycles. The van der Waals surface area contributed by atoms with Crippen molar-refractivity contribution in [3.05, 3.63) is 71.4 Å². The molecule has 0 heterocycles. The fourth-order valence-corrected chi connectivity index (χ4v) is 3.68. The van der Waals surface area contributed by atoms with Gasteiger partial charge in [-0.25, -0.2) is 4.79 Å². The average molecular weight is 568 g/mol. The Morgan fingerprint density at radius 2 is 1.54 bits per heavy atom. The van der Waals surface area contributed by atoms with Crippen molar-refractivity contribution < 1.29 is 34.2 Å². The maximum absolute atomic E-state index is 12.9. The Bertz CT molecular complexity index is 1250. The number of phenols is 1. The minimum Gasteiger partial charge on any atom is -0.508 e. The second-order valence-electron chi connectivity index (χ2n) is 9.94. The number of aromatic hydroxyl groups is 1. The van der Waals surface area contributed by atoms with Gasteiger partial charge in [-0.1, -0.05) is 56.3 Å². The fourth-order valence-electron chi connectivity index (χ4n) is 3.68. The number of carbonyl (C=O) groups excluding carboxylic acids is 4. The first-order chi connectivity index (χ1) is 19.3. The summed E-state index contributed by atoms with van der Waals surface area (Å²) in [4.78, 5) is 62.1. The van der Waals surface area contributed by atoms with Gasteiger partial charge in [0.05, 0.1) is 12.6 Å². The lowest BCUT2D eigenvalue weighted by Gasteiger charge is -2.19. The summed E-state index contributed by atoms with van der Waals surface area (Å²) in [6.07, 6.45) is 1.76. The van der Waals surface area contributed by atoms with Crippen LogP contribution in [0.3, 0.4) is 0 Å². The molecule has 0 saturated heterocycles. The molecular formula is C29H37N5O7. The molecule has 41 heavy (non-hydrogen) atoms. The molecule has 0 aliphatic heterocycles. The van der Waals surface area contributed by atoms with Crippen molar-refractivity contribution in [1.82, 2.24) is 21.3 Å². The maximum Gasteiger partial charge on any atom is 0.326 e. The van der Waals surface area contributed by atoms with E-state index in [-0.39, 0.29) is 30.2 Å². The number of carboxylic acids is 1. The van der Waals surface area contributed by atoms with Crippen LogP contribution in [0.1, 0.15) is 38.3 Å². The van der Waals surface area contributed by atoms with Gasteiger partial charge in [0.2, 0.25) is 17.7 Å². The molecule has 2 aromatic rings. The number of carbonyl (C=O) groups is 5. The number of hydrogen-bond donors (Lipinski definition) is 7. The molecule has 4 amide bonds. The number of benzene rings is 2. The van der Waals surface area contributed by atoms with Crippen LogP contribution < -0.4 is 27.0 Å². The number of nitrogens with one attached hydrogen (secondary N) is 4. The zero-order valence-corrected chi connectivity index (χ0v) is 23.2. The Morgan fingerprint density at radius 1 is 0.902 bits per heavy atom. The summed E-state index contributed by atoms with van der Waals surface area (Å²) in [6, 6.07) is 11.7. The molecule has 3 unspecified atom stereocenters. The molecule has 0 aromatic heterocycles. The van der Waals surface area contributed by atoms with E-state index in [1.807, 2.05) is 13.8 Å². The Kier molecular flexibility index (Phi) is 12.5. The first kappa shape index (κ1) is 32.5. The summed E-state index contributed by atoms with van der Waals surface area (Å²) in [5, 5.41) is 28.6. The van der Waals surface area contributed by atoms with Crippen molar-refractivity contribution in [2.24, 2.45) is 11.7 Å². The van der Waals surface area contributed by atoms with E-state index < -0.39 is 54.3 Å². The summed E-state index contributed by atoms with van der Waals surface area (Å²) in [6.45, 7) is 4.54. The molecule has 0 spiro atoms. The largest absolute Gasteiger partial charge is 0.508 e. The molecule has 0 fully saturated rings. The summed E-state index contributed by atoms with van der Waals surface area (Å²) in [7, 11) is 0. The number of aliphatic carboxylic acids is 1. The van der Waals surface area contributed by atoms with Crippen LogP contribution in [0.15, 0.2) is 60.3 Å². The molecule has 2 rings (SSSR count). The number of nitrogens with two attached hydrogens (primary N) is 1. The Balaban J connectivity index is 1.98. The van der Waals surface area contributed by atoms with Crippen LogP contribution in [-0.2, 0) is 30.4 Å². The maximum atomic E-state index is 12.9. The zero-order chi connectivity index (χ0) is 30.5. The van der Waals surface area contributed by atoms with E-state index in [4.69, 9.17) is 5.73 Å². The van der Waals surface area contributed by atoms with Gasteiger partial charge in [0.25, 0.3) is 5.91 Å². The van der Waals surface area contributed by atoms with Crippen LogP contribution in [0, 0.1) is 5.92 Å². The number of carboxylic acid groups (broad SMARTS) is 1. The molecule has 8 N–H and O–H groups in total. The highest BCUT2D eigenvalue weighted by atomic mass is 16.4. The SMILES string of the molecule is CC(C)CC(NC(=O)C(=Cc1ccccc1)NC(=O)CNC(=O)C(C)NC(=O)C(N)Cc1ccc(O)cc1)C(=O)O. The van der Waals surface area contributed by atoms with Crippen molar-refractivity contribution in [2.75, 3.05) is 6.54 Å². The van der Waals surface area contributed by atoms with Crippen LogP contribution in [0.5, 0.6) is 5.75 Å². The van der Waals surface area contributed by atoms with Gasteiger partial charge in [0.1, 0.15) is 23.5 Å². The van der Waals surface area contributed by atoms with Crippen molar-refractivity contribution in [2.45, 2.75) is 51.7 Å². The molecule has 12 heteroatoms. The van der Waals surface area contributed by atoms with Gasteiger partial charge < -0.3 is 37.2 Å². The molecule has 0 aliphatic rings. The summed E-state index contributed by atoms with van der Waals surface area (Å²) < 4.78 is 0. The lowest BCUT2D eigenvalue weighted by molar-refractivity contribution is -0.141. The molecule has 0 saturated carbocycles. The van der Waals surface area contributed by atoms with Gasteiger partial charge >= 0.3 is 5.97 Å². The van der Waals surface area contributed by atoms with E-state index in [1.54, 1.807) is 42.5 Å². The van der Waals surface area contributed by atoms with Crippen molar-refractivity contribution in [3.63, 3.8) is 0 Å². The van der Waals surface area contributed by atoms with E-state index in [1.165, 1.54) is 25.1 Å². The second-order valence-corrected chi connectivity index (χ2v) is 9.94. The molecule has 3 atom stereocenters. The molecule has 220 valence electrons. The van der Waals surface area contributed by atoms with Crippen LogP contribution in [-0.4, -0.2) is 64.5 Å². The van der Waals surface area contributed by atoms with Gasteiger partial charge in [0, 0.05) is 0 Å². The van der Waals surface area contributed by atoms with Gasteiger partial charge in [0.15, 0.2) is 0 Å². The van der Waals surface area contributed by atoms with Gasteiger partial charge in [-0.3, -0.25) is 19.2 Å². The molecule has 12 nitrogen and oxygen atoms in total. The van der Waals surface area contributed by atoms with Crippen LogP contribution in [0.4, 0.5) is 0 Å². The van der Waals surface area contributed by atoms with Gasteiger partial charge in [-0.15, -0.1) is 0 Å². The number of hydrogen-bond acceptors (Lipinski definition) is 7. The third kappa shape index (κ3) is 11.5. The topological polar surface area (TPSA) is 200 Å². The summed E-state index contributed by atoms with van der Waals surface area (Å²) in [5.74, 6) is -3.91. The second kappa shape index (κ2) is 15.8. The third-order valence-corrected chi connectivity index (χ3v) is 5.84. The molecule has 0 aliphatic carbocycles. The summed E-state index contributed by atoms with van der Waals surface area (Å²) in [5.41, 5.74) is 7.04. The minimum absolute atomic E-state index is 0.00685. The number of amides is 4. The van der Waals surface area contributed by atoms with Crippen molar-refractivity contribution in [3.8, 4) is 5.75 Å². The Labute approximate surface area is 238 Å². The van der Waals surface area contributed by atoms with E-state index in [0.29, 0.717) is 5.56 Å². The molecule has 0 radical (unpaired) electrons. The smallest absolute Gasteiger partial charge is 0.326 e. The average Bonchev–Trinajstić information content (AvgIpc) is 2.92. The van der Waals surface area contributed by atoms with Gasteiger partial charge in [-0.05, 0) is 55.0 Å².